The Balaban J connectivity index is 1.99. The van der Waals surface area contributed by atoms with E-state index in [4.69, 9.17) is 4.74 Å². The number of piperazine rings is 1. The Bertz CT molecular complexity index is 263. The molecule has 0 bridgehead atoms. The zero-order valence-corrected chi connectivity index (χ0v) is 13.1. The maximum atomic E-state index is 5.66. The second-order valence-corrected chi connectivity index (χ2v) is 6.46. The molecule has 112 valence electrons. The van der Waals surface area contributed by atoms with Crippen LogP contribution in [0, 0.1) is 0 Å². The molecule has 2 fully saturated rings. The molecule has 2 unspecified atom stereocenters. The van der Waals surface area contributed by atoms with Crippen LogP contribution < -0.4 is 5.32 Å². The number of hydrogen-bond acceptors (Lipinski definition) is 3. The van der Waals surface area contributed by atoms with Crippen LogP contribution in [0.1, 0.15) is 59.3 Å². The first-order valence-corrected chi connectivity index (χ1v) is 8.29. The zero-order chi connectivity index (χ0) is 13.7. The smallest absolute Gasteiger partial charge is 0.0619 e. The molecule has 1 saturated heterocycles. The van der Waals surface area contributed by atoms with E-state index in [0.717, 1.165) is 19.8 Å². The predicted octanol–water partition coefficient (Wildman–Crippen LogP) is 2.80. The van der Waals surface area contributed by atoms with Crippen molar-refractivity contribution in [3.05, 3.63) is 0 Å². The van der Waals surface area contributed by atoms with Crippen LogP contribution in [0.3, 0.4) is 0 Å². The van der Waals surface area contributed by atoms with Crippen LogP contribution in [-0.4, -0.2) is 48.8 Å². The molecule has 2 aliphatic rings. The van der Waals surface area contributed by atoms with Gasteiger partial charge in [-0.05, 0) is 33.1 Å². The van der Waals surface area contributed by atoms with Crippen molar-refractivity contribution in [3.8, 4) is 0 Å². The summed E-state index contributed by atoms with van der Waals surface area (Å²) in [5.74, 6) is 0. The Labute approximate surface area is 119 Å². The minimum absolute atomic E-state index is 0.407. The van der Waals surface area contributed by atoms with Gasteiger partial charge in [-0.2, -0.15) is 0 Å². The molecule has 1 N–H and O–H groups in total. The number of nitrogens with zero attached hydrogens (tertiary/aromatic N) is 1. The van der Waals surface area contributed by atoms with Crippen molar-refractivity contribution >= 4 is 0 Å². The standard InChI is InChI=1S/C16H32N2O/c1-4-15-11-17-16(9-7-6-8-10-16)13-18(15)14(3)12-19-5-2/h14-15,17H,4-13H2,1-3H3. The normalized spacial score (nSPS) is 29.5. The summed E-state index contributed by atoms with van der Waals surface area (Å²) in [5, 5.41) is 3.89. The molecular weight excluding hydrogens is 236 g/mol. The summed E-state index contributed by atoms with van der Waals surface area (Å²) in [7, 11) is 0. The summed E-state index contributed by atoms with van der Waals surface area (Å²) in [5.41, 5.74) is 0.407. The first-order valence-electron chi connectivity index (χ1n) is 8.29. The van der Waals surface area contributed by atoms with Crippen molar-refractivity contribution in [2.24, 2.45) is 0 Å². The lowest BCUT2D eigenvalue weighted by molar-refractivity contribution is -0.00540. The highest BCUT2D eigenvalue weighted by Gasteiger charge is 2.40. The van der Waals surface area contributed by atoms with Crippen molar-refractivity contribution in [2.45, 2.75) is 76.9 Å². The second-order valence-electron chi connectivity index (χ2n) is 6.46. The van der Waals surface area contributed by atoms with Crippen molar-refractivity contribution in [1.82, 2.24) is 10.2 Å². The lowest BCUT2D eigenvalue weighted by Gasteiger charge is -2.51. The number of hydrogen-bond donors (Lipinski definition) is 1. The molecule has 1 spiro atoms. The summed E-state index contributed by atoms with van der Waals surface area (Å²) in [4.78, 5) is 2.72. The molecule has 3 nitrogen and oxygen atoms in total. The van der Waals surface area contributed by atoms with Crippen LogP contribution in [-0.2, 0) is 4.74 Å². The van der Waals surface area contributed by atoms with Gasteiger partial charge in [-0.25, -0.2) is 0 Å². The van der Waals surface area contributed by atoms with Crippen molar-refractivity contribution in [3.63, 3.8) is 0 Å². The minimum Gasteiger partial charge on any atom is -0.380 e. The fourth-order valence-corrected chi connectivity index (χ4v) is 3.83. The van der Waals surface area contributed by atoms with E-state index >= 15 is 0 Å². The third kappa shape index (κ3) is 3.71. The van der Waals surface area contributed by atoms with Gasteiger partial charge in [-0.3, -0.25) is 4.90 Å². The molecule has 0 aromatic rings. The predicted molar refractivity (Wildman–Crippen MR) is 80.6 cm³/mol. The Morgan fingerprint density at radius 2 is 2.00 bits per heavy atom. The van der Waals surface area contributed by atoms with E-state index in [1.807, 2.05) is 0 Å². The molecule has 0 aromatic heterocycles. The molecule has 2 atom stereocenters. The molecule has 0 amide bonds. The summed E-state index contributed by atoms with van der Waals surface area (Å²) in [6.45, 7) is 10.8. The Kier molecular flexibility index (Phi) is 5.67. The van der Waals surface area contributed by atoms with Gasteiger partial charge in [0.2, 0.25) is 0 Å². The molecule has 1 heterocycles. The maximum Gasteiger partial charge on any atom is 0.0619 e. The lowest BCUT2D eigenvalue weighted by atomic mass is 9.79. The number of rotatable bonds is 5. The molecule has 2 rings (SSSR count). The molecule has 0 aromatic carbocycles. The Morgan fingerprint density at radius 3 is 2.63 bits per heavy atom. The van der Waals surface area contributed by atoms with Crippen LogP contribution in [0.2, 0.25) is 0 Å². The van der Waals surface area contributed by atoms with Crippen LogP contribution in [0.15, 0.2) is 0 Å². The van der Waals surface area contributed by atoms with Gasteiger partial charge in [0, 0.05) is 37.3 Å². The Morgan fingerprint density at radius 1 is 1.26 bits per heavy atom. The average molecular weight is 268 g/mol. The van der Waals surface area contributed by atoms with Gasteiger partial charge in [-0.15, -0.1) is 0 Å². The molecule has 3 heteroatoms. The monoisotopic (exact) mass is 268 g/mol. The van der Waals surface area contributed by atoms with Crippen molar-refractivity contribution in [2.75, 3.05) is 26.3 Å². The van der Waals surface area contributed by atoms with E-state index in [2.05, 4.69) is 31.0 Å². The third-order valence-corrected chi connectivity index (χ3v) is 5.08. The minimum atomic E-state index is 0.407. The van der Waals surface area contributed by atoms with Gasteiger partial charge >= 0.3 is 0 Å². The zero-order valence-electron chi connectivity index (χ0n) is 13.1. The van der Waals surface area contributed by atoms with Crippen molar-refractivity contribution in [1.29, 1.82) is 0 Å². The fourth-order valence-electron chi connectivity index (χ4n) is 3.83. The summed E-state index contributed by atoms with van der Waals surface area (Å²) in [6.07, 6.45) is 8.19. The van der Waals surface area contributed by atoms with Gasteiger partial charge in [0.15, 0.2) is 0 Å². The summed E-state index contributed by atoms with van der Waals surface area (Å²) in [6, 6.07) is 1.23. The van der Waals surface area contributed by atoms with Gasteiger partial charge in [0.25, 0.3) is 0 Å². The first-order chi connectivity index (χ1) is 9.21. The second kappa shape index (κ2) is 7.05. The fraction of sp³-hybridized carbons (Fsp3) is 1.00. The highest BCUT2D eigenvalue weighted by atomic mass is 16.5. The van der Waals surface area contributed by atoms with Gasteiger partial charge in [0.1, 0.15) is 0 Å². The molecular formula is C16H32N2O. The van der Waals surface area contributed by atoms with Crippen molar-refractivity contribution < 1.29 is 4.74 Å². The topological polar surface area (TPSA) is 24.5 Å². The van der Waals surface area contributed by atoms with Crippen LogP contribution >= 0.6 is 0 Å². The maximum absolute atomic E-state index is 5.66. The molecule has 1 aliphatic heterocycles. The van der Waals surface area contributed by atoms with E-state index in [9.17, 15) is 0 Å². The van der Waals surface area contributed by atoms with Crippen LogP contribution in [0.5, 0.6) is 0 Å². The van der Waals surface area contributed by atoms with Gasteiger partial charge in [-0.1, -0.05) is 26.2 Å². The van der Waals surface area contributed by atoms with Crippen LogP contribution in [0.25, 0.3) is 0 Å². The highest BCUT2D eigenvalue weighted by Crippen LogP contribution is 2.33. The summed E-state index contributed by atoms with van der Waals surface area (Å²) < 4.78 is 5.66. The lowest BCUT2D eigenvalue weighted by Crippen LogP contribution is -2.66. The van der Waals surface area contributed by atoms with E-state index in [1.54, 1.807) is 0 Å². The molecule has 19 heavy (non-hydrogen) atoms. The summed E-state index contributed by atoms with van der Waals surface area (Å²) >= 11 is 0. The Hall–Kier alpha value is -0.120. The number of nitrogens with one attached hydrogen (secondary N) is 1. The van der Waals surface area contributed by atoms with E-state index in [-0.39, 0.29) is 0 Å². The van der Waals surface area contributed by atoms with Gasteiger partial charge < -0.3 is 10.1 Å². The number of ether oxygens (including phenoxy) is 1. The quantitative estimate of drug-likeness (QED) is 0.830. The first kappa shape index (κ1) is 15.3. The largest absolute Gasteiger partial charge is 0.380 e. The molecule has 1 saturated carbocycles. The highest BCUT2D eigenvalue weighted by molar-refractivity contribution is 5.00. The SMILES string of the molecule is CCOCC(C)N1CC2(CCCCC2)NCC1CC. The van der Waals surface area contributed by atoms with E-state index in [1.165, 1.54) is 45.1 Å². The molecule has 1 aliphatic carbocycles. The average Bonchev–Trinajstić information content (AvgIpc) is 2.45. The van der Waals surface area contributed by atoms with Crippen LogP contribution in [0.4, 0.5) is 0 Å². The van der Waals surface area contributed by atoms with E-state index < -0.39 is 0 Å². The van der Waals surface area contributed by atoms with Gasteiger partial charge in [0.05, 0.1) is 6.61 Å². The molecule has 0 radical (unpaired) electrons. The van der Waals surface area contributed by atoms with E-state index in [0.29, 0.717) is 17.6 Å². The third-order valence-electron chi connectivity index (χ3n) is 5.08.